The predicted molar refractivity (Wildman–Crippen MR) is 79.5 cm³/mol. The number of benzene rings is 1. The molecule has 0 aliphatic carbocycles. The second-order valence-electron chi connectivity index (χ2n) is 5.68. The number of phenols is 1. The number of carbonyl (C=O) groups is 1. The summed E-state index contributed by atoms with van der Waals surface area (Å²) in [4.78, 5) is 13.0. The predicted octanol–water partition coefficient (Wildman–Crippen LogP) is 2.48. The van der Waals surface area contributed by atoms with Crippen molar-refractivity contribution < 1.29 is 19.7 Å². The minimum Gasteiger partial charge on any atom is -0.504 e. The van der Waals surface area contributed by atoms with Gasteiger partial charge in [-0.15, -0.1) is 0 Å². The summed E-state index contributed by atoms with van der Waals surface area (Å²) in [5.74, 6) is 0.389. The molecule has 1 atom stereocenters. The monoisotopic (exact) mass is 293 g/mol. The normalized spacial score (nSPS) is 19.4. The molecular formula is C16H23NO4. The van der Waals surface area contributed by atoms with Gasteiger partial charge in [0.2, 0.25) is 0 Å². The Balaban J connectivity index is 1.90. The van der Waals surface area contributed by atoms with E-state index in [-0.39, 0.29) is 12.2 Å². The number of hydrogen-bond donors (Lipinski definition) is 2. The zero-order valence-electron chi connectivity index (χ0n) is 12.4. The van der Waals surface area contributed by atoms with Gasteiger partial charge in [0.05, 0.1) is 7.11 Å². The van der Waals surface area contributed by atoms with Crippen molar-refractivity contribution in [2.45, 2.75) is 32.2 Å². The van der Waals surface area contributed by atoms with Gasteiger partial charge in [-0.1, -0.05) is 6.07 Å². The molecule has 5 nitrogen and oxygen atoms in total. The van der Waals surface area contributed by atoms with E-state index in [2.05, 4.69) is 4.90 Å². The Morgan fingerprint density at radius 3 is 2.95 bits per heavy atom. The summed E-state index contributed by atoms with van der Waals surface area (Å²) in [6.07, 6.45) is 3.21. The molecule has 1 saturated heterocycles. The van der Waals surface area contributed by atoms with Gasteiger partial charge in [-0.2, -0.15) is 0 Å². The van der Waals surface area contributed by atoms with Crippen LogP contribution in [0.2, 0.25) is 0 Å². The molecule has 21 heavy (non-hydrogen) atoms. The Kier molecular flexibility index (Phi) is 5.44. The lowest BCUT2D eigenvalue weighted by Crippen LogP contribution is -2.35. The van der Waals surface area contributed by atoms with Gasteiger partial charge in [-0.25, -0.2) is 0 Å². The van der Waals surface area contributed by atoms with Gasteiger partial charge < -0.3 is 14.9 Å². The Hall–Kier alpha value is -1.75. The Bertz CT molecular complexity index is 489. The topological polar surface area (TPSA) is 70.0 Å². The number of ether oxygens (including phenoxy) is 1. The minimum absolute atomic E-state index is 0.162. The highest BCUT2D eigenvalue weighted by Crippen LogP contribution is 2.28. The first-order valence-corrected chi connectivity index (χ1v) is 7.38. The Morgan fingerprint density at radius 1 is 1.48 bits per heavy atom. The molecule has 0 amide bonds. The lowest BCUT2D eigenvalue weighted by molar-refractivity contribution is -0.137. The van der Waals surface area contributed by atoms with Crippen molar-refractivity contribution in [3.8, 4) is 11.5 Å². The fourth-order valence-electron chi connectivity index (χ4n) is 2.95. The fraction of sp³-hybridized carbons (Fsp3) is 0.562. The summed E-state index contributed by atoms with van der Waals surface area (Å²) < 4.78 is 5.04. The number of methoxy groups -OCH3 is 1. The van der Waals surface area contributed by atoms with Crippen LogP contribution in [0.4, 0.5) is 0 Å². The summed E-state index contributed by atoms with van der Waals surface area (Å²) >= 11 is 0. The summed E-state index contributed by atoms with van der Waals surface area (Å²) in [7, 11) is 1.53. The van der Waals surface area contributed by atoms with E-state index in [1.54, 1.807) is 12.1 Å². The highest BCUT2D eigenvalue weighted by atomic mass is 16.5. The second kappa shape index (κ2) is 7.31. The first-order valence-electron chi connectivity index (χ1n) is 7.38. The van der Waals surface area contributed by atoms with Crippen LogP contribution in [0.15, 0.2) is 18.2 Å². The Labute approximate surface area is 125 Å². The standard InChI is InChI=1S/C16H23NO4/c1-21-15-6-4-13(9-14(15)18)11-17-8-2-3-12(10-17)5-7-16(19)20/h4,6,9,12,18H,2-3,5,7-8,10-11H2,1H3,(H,19,20). The first-order chi connectivity index (χ1) is 10.1. The van der Waals surface area contributed by atoms with Crippen LogP contribution < -0.4 is 4.74 Å². The molecular weight excluding hydrogens is 270 g/mol. The summed E-state index contributed by atoms with van der Waals surface area (Å²) in [6.45, 7) is 2.73. The van der Waals surface area contributed by atoms with Crippen molar-refractivity contribution in [2.24, 2.45) is 5.92 Å². The number of piperidine rings is 1. The number of nitrogens with zero attached hydrogens (tertiary/aromatic N) is 1. The van der Waals surface area contributed by atoms with E-state index in [9.17, 15) is 9.90 Å². The van der Waals surface area contributed by atoms with Gasteiger partial charge >= 0.3 is 5.97 Å². The maximum atomic E-state index is 10.7. The lowest BCUT2D eigenvalue weighted by atomic mass is 9.93. The number of aromatic hydroxyl groups is 1. The van der Waals surface area contributed by atoms with E-state index >= 15 is 0 Å². The number of rotatable bonds is 6. The molecule has 5 heteroatoms. The molecule has 2 N–H and O–H groups in total. The lowest BCUT2D eigenvalue weighted by Gasteiger charge is -2.32. The molecule has 0 aromatic heterocycles. The van der Waals surface area contributed by atoms with Crippen LogP contribution in [0.5, 0.6) is 11.5 Å². The molecule has 1 heterocycles. The van der Waals surface area contributed by atoms with Gasteiger partial charge in [-0.05, 0) is 49.4 Å². The second-order valence-corrected chi connectivity index (χ2v) is 5.68. The molecule has 0 spiro atoms. The Morgan fingerprint density at radius 2 is 2.29 bits per heavy atom. The van der Waals surface area contributed by atoms with Crippen molar-refractivity contribution in [3.63, 3.8) is 0 Å². The number of carboxylic acid groups (broad SMARTS) is 1. The number of phenolic OH excluding ortho intramolecular Hbond substituents is 1. The van der Waals surface area contributed by atoms with Gasteiger partial charge in [0, 0.05) is 19.5 Å². The number of likely N-dealkylation sites (tertiary alicyclic amines) is 1. The van der Waals surface area contributed by atoms with Crippen molar-refractivity contribution in [3.05, 3.63) is 23.8 Å². The summed E-state index contributed by atoms with van der Waals surface area (Å²) in [5, 5.41) is 18.6. The zero-order valence-corrected chi connectivity index (χ0v) is 12.4. The van der Waals surface area contributed by atoms with E-state index in [0.29, 0.717) is 11.7 Å². The molecule has 2 rings (SSSR count). The van der Waals surface area contributed by atoms with Crippen molar-refractivity contribution in [1.82, 2.24) is 4.90 Å². The highest BCUT2D eigenvalue weighted by molar-refractivity contribution is 5.66. The smallest absolute Gasteiger partial charge is 0.303 e. The number of carboxylic acids is 1. The third-order valence-electron chi connectivity index (χ3n) is 4.02. The van der Waals surface area contributed by atoms with Gasteiger partial charge in [0.15, 0.2) is 11.5 Å². The molecule has 1 unspecified atom stereocenters. The average Bonchev–Trinajstić information content (AvgIpc) is 2.46. The molecule has 1 aromatic carbocycles. The van der Waals surface area contributed by atoms with Crippen LogP contribution in [-0.4, -0.2) is 41.3 Å². The van der Waals surface area contributed by atoms with E-state index in [4.69, 9.17) is 9.84 Å². The molecule has 0 radical (unpaired) electrons. The molecule has 116 valence electrons. The SMILES string of the molecule is COc1ccc(CN2CCCC(CCC(=O)O)C2)cc1O. The largest absolute Gasteiger partial charge is 0.504 e. The quantitative estimate of drug-likeness (QED) is 0.843. The molecule has 1 fully saturated rings. The van der Waals surface area contributed by atoms with E-state index in [0.717, 1.165) is 44.5 Å². The van der Waals surface area contributed by atoms with E-state index in [1.165, 1.54) is 7.11 Å². The maximum absolute atomic E-state index is 10.7. The fourth-order valence-corrected chi connectivity index (χ4v) is 2.95. The number of hydrogen-bond acceptors (Lipinski definition) is 4. The van der Waals surface area contributed by atoms with Crippen LogP contribution in [0.25, 0.3) is 0 Å². The molecule has 1 aliphatic heterocycles. The van der Waals surface area contributed by atoms with Crippen molar-refractivity contribution in [1.29, 1.82) is 0 Å². The first kappa shape index (κ1) is 15.6. The molecule has 0 bridgehead atoms. The summed E-state index contributed by atoms with van der Waals surface area (Å²) in [6, 6.07) is 5.47. The average molecular weight is 293 g/mol. The molecule has 0 saturated carbocycles. The van der Waals surface area contributed by atoms with Crippen LogP contribution in [0.3, 0.4) is 0 Å². The van der Waals surface area contributed by atoms with E-state index in [1.807, 2.05) is 6.07 Å². The van der Waals surface area contributed by atoms with Crippen molar-refractivity contribution in [2.75, 3.05) is 20.2 Å². The number of aliphatic carboxylic acids is 1. The zero-order chi connectivity index (χ0) is 15.2. The highest BCUT2D eigenvalue weighted by Gasteiger charge is 2.20. The van der Waals surface area contributed by atoms with Gasteiger partial charge in [-0.3, -0.25) is 9.69 Å². The third kappa shape index (κ3) is 4.63. The van der Waals surface area contributed by atoms with E-state index < -0.39 is 5.97 Å². The van der Waals surface area contributed by atoms with Gasteiger partial charge in [0.25, 0.3) is 0 Å². The van der Waals surface area contributed by atoms with Crippen LogP contribution >= 0.6 is 0 Å². The van der Waals surface area contributed by atoms with Crippen LogP contribution in [0, 0.1) is 5.92 Å². The van der Waals surface area contributed by atoms with Crippen molar-refractivity contribution >= 4 is 5.97 Å². The van der Waals surface area contributed by atoms with Crippen LogP contribution in [-0.2, 0) is 11.3 Å². The maximum Gasteiger partial charge on any atom is 0.303 e. The van der Waals surface area contributed by atoms with Crippen LogP contribution in [0.1, 0.15) is 31.2 Å². The minimum atomic E-state index is -0.716. The third-order valence-corrected chi connectivity index (χ3v) is 4.02. The molecule has 1 aromatic rings. The summed E-state index contributed by atoms with van der Waals surface area (Å²) in [5.41, 5.74) is 1.05. The van der Waals surface area contributed by atoms with Gasteiger partial charge in [0.1, 0.15) is 0 Å². The molecule has 1 aliphatic rings.